The minimum absolute atomic E-state index is 0.593. The fourth-order valence-electron chi connectivity index (χ4n) is 1.74. The molecule has 0 saturated heterocycles. The van der Waals surface area contributed by atoms with Crippen LogP contribution in [-0.2, 0) is 0 Å². The van der Waals surface area contributed by atoms with Crippen molar-refractivity contribution in [3.63, 3.8) is 0 Å². The molecule has 0 amide bonds. The number of unbranched alkanes of at least 4 members (excludes halogenated alkanes) is 1. The van der Waals surface area contributed by atoms with Crippen LogP contribution in [0.1, 0.15) is 39.5 Å². The van der Waals surface area contributed by atoms with Gasteiger partial charge in [-0.2, -0.15) is 0 Å². The summed E-state index contributed by atoms with van der Waals surface area (Å²) in [4.78, 5) is 0. The number of benzene rings is 1. The molecule has 1 unspecified atom stereocenters. The quantitative estimate of drug-likeness (QED) is 0.727. The highest BCUT2D eigenvalue weighted by Gasteiger charge is 2.08. The van der Waals surface area contributed by atoms with Crippen molar-refractivity contribution in [2.45, 2.75) is 39.5 Å². The maximum atomic E-state index is 6.06. The van der Waals surface area contributed by atoms with E-state index in [9.17, 15) is 0 Å². The third kappa shape index (κ3) is 4.86. The van der Waals surface area contributed by atoms with Crippen LogP contribution in [0.25, 0.3) is 0 Å². The molecule has 0 heterocycles. The maximum absolute atomic E-state index is 6.06. The maximum Gasteiger partial charge on any atom is 0.138 e. The van der Waals surface area contributed by atoms with Crippen LogP contribution in [0, 0.1) is 5.92 Å². The third-order valence-corrected chi connectivity index (χ3v) is 3.27. The molecule has 0 saturated carbocycles. The fraction of sp³-hybridized carbons (Fsp3) is 0.571. The second-order valence-electron chi connectivity index (χ2n) is 4.42. The molecule has 2 nitrogen and oxygen atoms in total. The van der Waals surface area contributed by atoms with Crippen molar-refractivity contribution in [2.75, 3.05) is 12.3 Å². The van der Waals surface area contributed by atoms with Gasteiger partial charge in [0.15, 0.2) is 0 Å². The molecule has 3 heteroatoms. The van der Waals surface area contributed by atoms with E-state index in [1.807, 2.05) is 12.1 Å². The normalized spacial score (nSPS) is 12.4. The Morgan fingerprint density at radius 2 is 2.12 bits per heavy atom. The summed E-state index contributed by atoms with van der Waals surface area (Å²) in [7, 11) is 0. The smallest absolute Gasteiger partial charge is 0.138 e. The van der Waals surface area contributed by atoms with Crippen LogP contribution in [0.2, 0.25) is 5.02 Å². The molecule has 1 aromatic carbocycles. The van der Waals surface area contributed by atoms with E-state index in [0.29, 0.717) is 16.6 Å². The molecular formula is C14H22ClNO. The molecule has 1 rings (SSSR count). The predicted molar refractivity (Wildman–Crippen MR) is 74.7 cm³/mol. The lowest BCUT2D eigenvalue weighted by atomic mass is 10.0. The van der Waals surface area contributed by atoms with E-state index in [4.69, 9.17) is 22.1 Å². The lowest BCUT2D eigenvalue weighted by Crippen LogP contribution is -2.11. The second-order valence-corrected chi connectivity index (χ2v) is 4.82. The lowest BCUT2D eigenvalue weighted by Gasteiger charge is -2.16. The first-order valence-corrected chi connectivity index (χ1v) is 6.73. The van der Waals surface area contributed by atoms with Crippen LogP contribution in [0.3, 0.4) is 0 Å². The van der Waals surface area contributed by atoms with E-state index in [0.717, 1.165) is 18.8 Å². The lowest BCUT2D eigenvalue weighted by molar-refractivity contribution is 0.233. The van der Waals surface area contributed by atoms with Gasteiger partial charge in [-0.05, 0) is 30.5 Å². The Hall–Kier alpha value is -0.890. The monoisotopic (exact) mass is 255 g/mol. The van der Waals surface area contributed by atoms with E-state index < -0.39 is 0 Å². The summed E-state index contributed by atoms with van der Waals surface area (Å²) in [6.07, 6.45) is 4.86. The molecule has 0 aliphatic carbocycles. The molecule has 0 fully saturated rings. The van der Waals surface area contributed by atoms with Crippen molar-refractivity contribution < 1.29 is 4.74 Å². The van der Waals surface area contributed by atoms with Gasteiger partial charge in [-0.15, -0.1) is 0 Å². The topological polar surface area (TPSA) is 35.2 Å². The predicted octanol–water partition coefficient (Wildman–Crippen LogP) is 4.52. The van der Waals surface area contributed by atoms with Crippen LogP contribution < -0.4 is 10.5 Å². The molecule has 17 heavy (non-hydrogen) atoms. The number of hydrogen-bond acceptors (Lipinski definition) is 2. The summed E-state index contributed by atoms with van der Waals surface area (Å²) in [6.45, 7) is 5.15. The number of hydrogen-bond donors (Lipinski definition) is 1. The van der Waals surface area contributed by atoms with Crippen LogP contribution in [0.4, 0.5) is 5.69 Å². The van der Waals surface area contributed by atoms with Gasteiger partial charge in [-0.25, -0.2) is 0 Å². The Bertz CT molecular complexity index is 341. The zero-order chi connectivity index (χ0) is 12.7. The molecule has 2 N–H and O–H groups in total. The van der Waals surface area contributed by atoms with Gasteiger partial charge in [0, 0.05) is 5.69 Å². The Balaban J connectivity index is 2.47. The molecule has 1 atom stereocenters. The van der Waals surface area contributed by atoms with E-state index in [-0.39, 0.29) is 0 Å². The van der Waals surface area contributed by atoms with E-state index >= 15 is 0 Å². The van der Waals surface area contributed by atoms with Crippen molar-refractivity contribution in [3.8, 4) is 5.75 Å². The Kier molecular flexibility index (Phi) is 6.20. The zero-order valence-electron chi connectivity index (χ0n) is 10.7. The molecule has 0 aromatic heterocycles. The highest BCUT2D eigenvalue weighted by molar-refractivity contribution is 6.32. The summed E-state index contributed by atoms with van der Waals surface area (Å²) in [5, 5.41) is 0.593. The van der Waals surface area contributed by atoms with Crippen molar-refractivity contribution in [1.82, 2.24) is 0 Å². The molecule has 0 aliphatic rings. The van der Waals surface area contributed by atoms with Crippen molar-refractivity contribution in [1.29, 1.82) is 0 Å². The van der Waals surface area contributed by atoms with Crippen molar-refractivity contribution in [2.24, 2.45) is 5.92 Å². The Morgan fingerprint density at radius 1 is 1.35 bits per heavy atom. The van der Waals surface area contributed by atoms with Gasteiger partial charge >= 0.3 is 0 Å². The standard InChI is InChI=1S/C14H22ClNO/c1-3-5-6-11(4-2)10-17-14-8-7-12(16)9-13(14)15/h7-9,11H,3-6,10,16H2,1-2H3. The summed E-state index contributed by atoms with van der Waals surface area (Å²) in [6, 6.07) is 5.38. The first-order valence-electron chi connectivity index (χ1n) is 6.35. The number of halogens is 1. The summed E-state index contributed by atoms with van der Waals surface area (Å²) in [5.41, 5.74) is 6.30. The zero-order valence-corrected chi connectivity index (χ0v) is 11.5. The average molecular weight is 256 g/mol. The third-order valence-electron chi connectivity index (χ3n) is 2.97. The Morgan fingerprint density at radius 3 is 2.71 bits per heavy atom. The van der Waals surface area contributed by atoms with Gasteiger partial charge in [-0.3, -0.25) is 0 Å². The highest BCUT2D eigenvalue weighted by Crippen LogP contribution is 2.27. The number of nitrogens with two attached hydrogens (primary N) is 1. The number of rotatable bonds is 7. The molecule has 96 valence electrons. The van der Waals surface area contributed by atoms with Gasteiger partial charge in [0.25, 0.3) is 0 Å². The van der Waals surface area contributed by atoms with Gasteiger partial charge in [0.1, 0.15) is 5.75 Å². The molecular weight excluding hydrogens is 234 g/mol. The van der Waals surface area contributed by atoms with Crippen molar-refractivity contribution >= 4 is 17.3 Å². The number of ether oxygens (including phenoxy) is 1. The summed E-state index contributed by atoms with van der Waals surface area (Å²) >= 11 is 6.06. The van der Waals surface area contributed by atoms with Crippen LogP contribution in [-0.4, -0.2) is 6.61 Å². The largest absolute Gasteiger partial charge is 0.492 e. The molecule has 0 bridgehead atoms. The Labute approximate surface area is 109 Å². The average Bonchev–Trinajstić information content (AvgIpc) is 2.31. The SMILES string of the molecule is CCCCC(CC)COc1ccc(N)cc1Cl. The number of anilines is 1. The van der Waals surface area contributed by atoms with Gasteiger partial charge in [0.2, 0.25) is 0 Å². The van der Waals surface area contributed by atoms with E-state index in [2.05, 4.69) is 13.8 Å². The van der Waals surface area contributed by atoms with Gasteiger partial charge in [0.05, 0.1) is 11.6 Å². The van der Waals surface area contributed by atoms with Gasteiger partial charge in [-0.1, -0.05) is 44.7 Å². The highest BCUT2D eigenvalue weighted by atomic mass is 35.5. The van der Waals surface area contributed by atoms with E-state index in [1.165, 1.54) is 19.3 Å². The first-order chi connectivity index (χ1) is 8.17. The summed E-state index contributed by atoms with van der Waals surface area (Å²) in [5.74, 6) is 1.35. The fourth-order valence-corrected chi connectivity index (χ4v) is 1.98. The van der Waals surface area contributed by atoms with E-state index in [1.54, 1.807) is 6.07 Å². The minimum atomic E-state index is 0.593. The molecule has 0 aliphatic heterocycles. The van der Waals surface area contributed by atoms with Gasteiger partial charge < -0.3 is 10.5 Å². The molecule has 0 radical (unpaired) electrons. The first kappa shape index (κ1) is 14.2. The number of nitrogen functional groups attached to an aromatic ring is 1. The molecule has 1 aromatic rings. The van der Waals surface area contributed by atoms with Crippen LogP contribution in [0.15, 0.2) is 18.2 Å². The second kappa shape index (κ2) is 7.44. The van der Waals surface area contributed by atoms with Crippen LogP contribution >= 0.6 is 11.6 Å². The summed E-state index contributed by atoms with van der Waals surface area (Å²) < 4.78 is 5.75. The minimum Gasteiger partial charge on any atom is -0.492 e. The van der Waals surface area contributed by atoms with Crippen molar-refractivity contribution in [3.05, 3.63) is 23.2 Å². The van der Waals surface area contributed by atoms with Crippen LogP contribution in [0.5, 0.6) is 5.75 Å². The molecule has 0 spiro atoms.